The Morgan fingerprint density at radius 3 is 2.45 bits per heavy atom. The second-order valence-corrected chi connectivity index (χ2v) is 11.0. The van der Waals surface area contributed by atoms with Gasteiger partial charge in [-0.2, -0.15) is 0 Å². The zero-order valence-electron chi connectivity index (χ0n) is 20.5. The molecule has 5 rings (SSSR count). The van der Waals surface area contributed by atoms with Crippen molar-refractivity contribution in [1.82, 2.24) is 5.32 Å². The number of aliphatic hydroxyl groups is 3. The molecule has 38 heavy (non-hydrogen) atoms. The molecule has 0 aromatic heterocycles. The first kappa shape index (κ1) is 25.9. The molecule has 1 fully saturated rings. The molecule has 1 aromatic carbocycles. The molecule has 1 aromatic rings. The lowest BCUT2D eigenvalue weighted by atomic mass is 9.50. The van der Waals surface area contributed by atoms with Crippen molar-refractivity contribution in [3.8, 4) is 0 Å². The van der Waals surface area contributed by atoms with Crippen molar-refractivity contribution in [2.24, 2.45) is 28.2 Å². The van der Waals surface area contributed by atoms with Crippen LogP contribution in [-0.2, 0) is 20.9 Å². The number of hydrogen-bond donors (Lipinski definition) is 5. The van der Waals surface area contributed by atoms with Gasteiger partial charge in [0.05, 0.1) is 0 Å². The molecule has 11 heteroatoms. The number of Topliss-reactive ketones (excluding diaryl/α,β-unsaturated/α-hetero) is 2. The molecule has 198 valence electrons. The quantitative estimate of drug-likeness (QED) is 0.269. The minimum absolute atomic E-state index is 0.0637. The van der Waals surface area contributed by atoms with Crippen molar-refractivity contribution in [2.75, 3.05) is 6.54 Å². The number of rotatable bonds is 6. The molecule has 6 N–H and O–H groups in total. The highest BCUT2D eigenvalue weighted by molar-refractivity contribution is 6.30. The third-order valence-electron chi connectivity index (χ3n) is 8.28. The van der Waals surface area contributed by atoms with E-state index in [1.54, 1.807) is 12.1 Å². The summed E-state index contributed by atoms with van der Waals surface area (Å²) in [5.41, 5.74) is 2.02. The molecule has 1 unspecified atom stereocenters. The Kier molecular flexibility index (Phi) is 6.07. The van der Waals surface area contributed by atoms with Crippen molar-refractivity contribution in [3.05, 3.63) is 85.4 Å². The van der Waals surface area contributed by atoms with Crippen LogP contribution in [0, 0.1) is 22.2 Å². The maximum atomic E-state index is 13.9. The van der Waals surface area contributed by atoms with Gasteiger partial charge in [-0.1, -0.05) is 36.7 Å². The average Bonchev–Trinajstić information content (AvgIpc) is 3.15. The second kappa shape index (κ2) is 8.92. The van der Waals surface area contributed by atoms with E-state index in [0.717, 1.165) is 5.56 Å². The van der Waals surface area contributed by atoms with E-state index in [2.05, 4.69) is 10.5 Å². The number of benzene rings is 1. The van der Waals surface area contributed by atoms with E-state index in [9.17, 15) is 34.6 Å². The molecule has 0 aliphatic heterocycles. The molecule has 0 radical (unpaired) electrons. The van der Waals surface area contributed by atoms with Gasteiger partial charge in [-0.25, -0.2) is 0 Å². The Morgan fingerprint density at radius 1 is 1.13 bits per heavy atom. The number of aliphatic hydroxyl groups excluding tert-OH is 3. The number of nitrogens with two attached hydrogens (primary N) is 1. The minimum Gasteiger partial charge on any atom is -0.508 e. The van der Waals surface area contributed by atoms with Gasteiger partial charge >= 0.3 is 0 Å². The highest BCUT2D eigenvalue weighted by Crippen LogP contribution is 2.60. The van der Waals surface area contributed by atoms with Gasteiger partial charge in [0.15, 0.2) is 5.78 Å². The average molecular weight is 540 g/mol. The lowest BCUT2D eigenvalue weighted by Crippen LogP contribution is -2.62. The van der Waals surface area contributed by atoms with Gasteiger partial charge in [0, 0.05) is 52.6 Å². The van der Waals surface area contributed by atoms with Crippen LogP contribution >= 0.6 is 11.6 Å². The summed E-state index contributed by atoms with van der Waals surface area (Å²) in [6.45, 7) is 2.28. The fraction of sp³-hybridized carbons (Fsp3) is 0.370. The number of amides is 1. The van der Waals surface area contributed by atoms with Crippen LogP contribution in [0.5, 0.6) is 0 Å². The maximum absolute atomic E-state index is 13.9. The van der Waals surface area contributed by atoms with Gasteiger partial charge < -0.3 is 26.4 Å². The highest BCUT2D eigenvalue weighted by atomic mass is 35.5. The smallest absolute Gasteiger partial charge is 0.255 e. The van der Waals surface area contributed by atoms with Crippen molar-refractivity contribution < 1.29 is 29.7 Å². The van der Waals surface area contributed by atoms with Crippen LogP contribution in [0.25, 0.3) is 0 Å². The van der Waals surface area contributed by atoms with Crippen LogP contribution in [0.3, 0.4) is 0 Å². The van der Waals surface area contributed by atoms with Crippen LogP contribution in [0.1, 0.15) is 31.7 Å². The lowest BCUT2D eigenvalue weighted by Gasteiger charge is -2.52. The van der Waals surface area contributed by atoms with Gasteiger partial charge in [-0.3, -0.25) is 14.4 Å². The molecule has 4 atom stereocenters. The van der Waals surface area contributed by atoms with Crippen LogP contribution in [-0.4, -0.2) is 44.9 Å². The normalized spacial score (nSPS) is 30.6. The lowest BCUT2D eigenvalue weighted by molar-refractivity contribution is -0.135. The van der Waals surface area contributed by atoms with Crippen molar-refractivity contribution in [1.29, 1.82) is 0 Å². The summed E-state index contributed by atoms with van der Waals surface area (Å²) in [4.78, 5) is 50.7. The Bertz CT molecular complexity index is 1420. The molecule has 0 spiro atoms. The van der Waals surface area contributed by atoms with E-state index in [4.69, 9.17) is 17.3 Å². The third-order valence-corrected chi connectivity index (χ3v) is 8.54. The molecule has 4 aliphatic rings. The number of nitrogens with one attached hydrogen (secondary N) is 1. The number of halogens is 1. The topological polar surface area (TPSA) is 179 Å². The molecule has 1 saturated carbocycles. The molecule has 1 amide bonds. The van der Waals surface area contributed by atoms with E-state index < -0.39 is 63.8 Å². The molecule has 0 heterocycles. The SMILES string of the molecule is C[C@]12CC(=O)C(C(N)=O)=C(O)[C@@]1(N=O)C(=O)C1=C(O)C3=C(O)C(CNCc4ccc(Cl)cc4)=CC3C[C@H]1C2. The zero-order chi connectivity index (χ0) is 27.6. The summed E-state index contributed by atoms with van der Waals surface area (Å²) in [6, 6.07) is 7.29. The fourth-order valence-corrected chi connectivity index (χ4v) is 6.64. The first-order valence-electron chi connectivity index (χ1n) is 12.1. The van der Waals surface area contributed by atoms with Gasteiger partial charge in [0.25, 0.3) is 5.91 Å². The van der Waals surface area contributed by atoms with Crippen molar-refractivity contribution in [3.63, 3.8) is 0 Å². The number of nitroso groups, excluding NO2 is 1. The molecule has 4 aliphatic carbocycles. The number of primary amides is 1. The Labute approximate surface area is 222 Å². The highest BCUT2D eigenvalue weighted by Gasteiger charge is 2.69. The predicted molar refractivity (Wildman–Crippen MR) is 137 cm³/mol. The standard InChI is InChI=1S/C27H26ClN3O7/c1-26-8-14-6-13-7-15(11-30-10-12-2-4-16(28)5-3-12)21(33)18(13)22(34)19(14)23(35)27(26,31-38)24(36)20(25(29)37)17(32)9-26/h2-5,7,13-14,30,33-34,36H,6,8-11H2,1H3,(H2,29,37)/t13?,14-,26-,27-/m0/s1. The van der Waals surface area contributed by atoms with Crippen LogP contribution in [0.4, 0.5) is 0 Å². The Morgan fingerprint density at radius 2 is 1.82 bits per heavy atom. The van der Waals surface area contributed by atoms with Gasteiger partial charge in [-0.15, -0.1) is 4.91 Å². The third kappa shape index (κ3) is 3.54. The Hall–Kier alpha value is -3.76. The maximum Gasteiger partial charge on any atom is 0.255 e. The summed E-state index contributed by atoms with van der Waals surface area (Å²) < 4.78 is 0. The molecular formula is C27H26ClN3O7. The van der Waals surface area contributed by atoms with Crippen LogP contribution in [0.2, 0.25) is 5.02 Å². The van der Waals surface area contributed by atoms with Gasteiger partial charge in [0.1, 0.15) is 22.9 Å². The number of carbonyl (C=O) groups excluding carboxylic acids is 3. The first-order chi connectivity index (χ1) is 17.9. The molecule has 10 nitrogen and oxygen atoms in total. The monoisotopic (exact) mass is 539 g/mol. The summed E-state index contributed by atoms with van der Waals surface area (Å²) >= 11 is 5.92. The predicted octanol–water partition coefficient (Wildman–Crippen LogP) is 3.38. The van der Waals surface area contributed by atoms with Gasteiger partial charge in [0.2, 0.25) is 11.3 Å². The summed E-state index contributed by atoms with van der Waals surface area (Å²) in [7, 11) is 0. The number of fused-ring (bicyclic) bond motifs is 3. The largest absolute Gasteiger partial charge is 0.508 e. The van der Waals surface area contributed by atoms with E-state index in [-0.39, 0.29) is 29.9 Å². The van der Waals surface area contributed by atoms with E-state index in [1.165, 1.54) is 6.92 Å². The summed E-state index contributed by atoms with van der Waals surface area (Å²) in [5, 5.41) is 40.0. The van der Waals surface area contributed by atoms with E-state index in [0.29, 0.717) is 23.6 Å². The number of ketones is 2. The van der Waals surface area contributed by atoms with Gasteiger partial charge in [-0.05, 0) is 41.6 Å². The Balaban J connectivity index is 1.50. The molecule has 0 saturated heterocycles. The molecular weight excluding hydrogens is 514 g/mol. The van der Waals surface area contributed by atoms with Crippen LogP contribution in [0.15, 0.2) is 75.1 Å². The van der Waals surface area contributed by atoms with Crippen molar-refractivity contribution in [2.45, 2.75) is 38.3 Å². The number of hydrogen-bond acceptors (Lipinski definition) is 9. The summed E-state index contributed by atoms with van der Waals surface area (Å²) in [6.07, 6.45) is 1.82. The minimum atomic E-state index is -2.50. The first-order valence-corrected chi connectivity index (χ1v) is 12.5. The number of nitrogens with zero attached hydrogens (tertiary/aromatic N) is 1. The second-order valence-electron chi connectivity index (χ2n) is 10.6. The van der Waals surface area contributed by atoms with Crippen molar-refractivity contribution >= 4 is 29.1 Å². The summed E-state index contributed by atoms with van der Waals surface area (Å²) in [5.74, 6) is -5.75. The fourth-order valence-electron chi connectivity index (χ4n) is 6.51. The van der Waals surface area contributed by atoms with Crippen LogP contribution < -0.4 is 11.1 Å². The molecule has 0 bridgehead atoms. The van der Waals surface area contributed by atoms with E-state index in [1.807, 2.05) is 18.2 Å². The number of carbonyl (C=O) groups is 3. The zero-order valence-corrected chi connectivity index (χ0v) is 21.2. The van der Waals surface area contributed by atoms with E-state index >= 15 is 0 Å². The number of allylic oxidation sites excluding steroid dienone is 2.